The summed E-state index contributed by atoms with van der Waals surface area (Å²) in [5.74, 6) is 0. The van der Waals surface area contributed by atoms with Gasteiger partial charge in [-0.1, -0.05) is 26.7 Å². The molecule has 0 bridgehead atoms. The van der Waals surface area contributed by atoms with Crippen molar-refractivity contribution in [1.29, 1.82) is 0 Å². The molecule has 1 atom stereocenters. The minimum atomic E-state index is 0.214. The molecular formula is C9H19CdN2-. The van der Waals surface area contributed by atoms with E-state index in [2.05, 4.69) is 28.5 Å². The molecule has 0 aromatic heterocycles. The van der Waals surface area contributed by atoms with Gasteiger partial charge in [0.2, 0.25) is 0 Å². The number of nitrogens with one attached hydrogen (secondary N) is 1. The summed E-state index contributed by atoms with van der Waals surface area (Å²) in [4.78, 5) is 0. The molecule has 1 heterocycles. The van der Waals surface area contributed by atoms with Crippen molar-refractivity contribution < 1.29 is 25.3 Å². The van der Waals surface area contributed by atoms with Gasteiger partial charge in [-0.2, -0.15) is 0 Å². The van der Waals surface area contributed by atoms with Crippen molar-refractivity contribution in [3.05, 3.63) is 5.32 Å². The number of piperidine rings is 1. The topological polar surface area (TPSA) is 26.1 Å². The van der Waals surface area contributed by atoms with Crippen molar-refractivity contribution in [2.24, 2.45) is 0 Å². The molecule has 1 rings (SSSR count). The molecule has 1 fully saturated rings. The first-order valence-corrected chi connectivity index (χ1v) is 7.35. The molecule has 1 unspecified atom stereocenters. The van der Waals surface area contributed by atoms with Crippen molar-refractivity contribution in [3.63, 3.8) is 0 Å². The van der Waals surface area contributed by atoms with E-state index in [-0.39, 0.29) is 5.54 Å². The Morgan fingerprint density at radius 3 is 2.42 bits per heavy atom. The van der Waals surface area contributed by atoms with Gasteiger partial charge in [0, 0.05) is 6.04 Å². The van der Waals surface area contributed by atoms with Crippen LogP contribution in [-0.2, 0) is 25.3 Å². The summed E-state index contributed by atoms with van der Waals surface area (Å²) < 4.78 is 3.42. The monoisotopic (exact) mass is 269 g/mol. The number of nitrogens with zero attached hydrogens (tertiary/aromatic N) is 1. The van der Waals surface area contributed by atoms with Gasteiger partial charge in [-0.15, -0.1) is 12.1 Å². The normalized spacial score (nSPS) is 27.2. The van der Waals surface area contributed by atoms with Gasteiger partial charge in [0.15, 0.2) is 0 Å². The first-order chi connectivity index (χ1) is 5.64. The van der Waals surface area contributed by atoms with Gasteiger partial charge in [0.25, 0.3) is 0 Å². The Hall–Kier alpha value is 0.712. The Morgan fingerprint density at radius 2 is 2.08 bits per heavy atom. The van der Waals surface area contributed by atoms with Gasteiger partial charge in [-0.3, -0.25) is 0 Å². The maximum absolute atomic E-state index is 4.52. The van der Waals surface area contributed by atoms with E-state index in [0.717, 1.165) is 31.8 Å². The molecule has 2 nitrogen and oxygen atoms in total. The van der Waals surface area contributed by atoms with Crippen LogP contribution in [-0.4, -0.2) is 29.2 Å². The van der Waals surface area contributed by atoms with E-state index in [0.29, 0.717) is 6.04 Å². The zero-order chi connectivity index (χ0) is 9.61. The van der Waals surface area contributed by atoms with Crippen LogP contribution >= 0.6 is 0 Å². The zero-order valence-corrected chi connectivity index (χ0v) is 12.6. The van der Waals surface area contributed by atoms with Crippen LogP contribution in [0.2, 0.25) is 0 Å². The summed E-state index contributed by atoms with van der Waals surface area (Å²) >= 11 is 0.900. The van der Waals surface area contributed by atoms with Crippen molar-refractivity contribution in [2.45, 2.75) is 38.3 Å². The summed E-state index contributed by atoms with van der Waals surface area (Å²) in [6, 6.07) is 0.688. The van der Waals surface area contributed by atoms with Crippen molar-refractivity contribution in [1.82, 2.24) is 5.32 Å². The average Bonchev–Trinajstić information content (AvgIpc) is 2.06. The van der Waals surface area contributed by atoms with Crippen LogP contribution in [0.1, 0.15) is 26.7 Å². The fraction of sp³-hybridized carbons (Fsp3) is 0.889. The third-order valence-electron chi connectivity index (χ3n) is 2.17. The van der Waals surface area contributed by atoms with Crippen LogP contribution in [0.3, 0.4) is 0 Å². The molecule has 1 N–H and O–H groups in total. The van der Waals surface area contributed by atoms with Crippen molar-refractivity contribution in [2.75, 3.05) is 13.6 Å². The average molecular weight is 268 g/mol. The Balaban J connectivity index is 0.000000561. The third-order valence-corrected chi connectivity index (χ3v) is 2.17. The van der Waals surface area contributed by atoms with Gasteiger partial charge in [-0.25, -0.2) is 0 Å². The van der Waals surface area contributed by atoms with E-state index in [1.165, 1.54) is 12.8 Å². The number of hydrogen-bond acceptors (Lipinski definition) is 1. The first-order valence-electron chi connectivity index (χ1n) is 4.50. The quantitative estimate of drug-likeness (QED) is 0.716. The standard InChI is InChI=1S/C8H17N2.CH2.Cd/c1-8(2)6-7(9-3)4-5-10-8;;/h7,9H,4-6H2,1-3H3;1H2;/q-1;;. The number of rotatable bonds is 1. The molecule has 0 saturated carbocycles. The van der Waals surface area contributed by atoms with Gasteiger partial charge < -0.3 is 10.6 Å². The second-order valence-electron chi connectivity index (χ2n) is 3.67. The molecule has 68 valence electrons. The molecule has 0 amide bonds. The van der Waals surface area contributed by atoms with Crippen LogP contribution in [0.15, 0.2) is 0 Å². The summed E-state index contributed by atoms with van der Waals surface area (Å²) in [7, 11) is 2.03. The molecule has 3 heteroatoms. The molecule has 1 saturated heterocycles. The molecule has 12 heavy (non-hydrogen) atoms. The van der Waals surface area contributed by atoms with Crippen LogP contribution < -0.4 is 5.32 Å². The predicted molar refractivity (Wildman–Crippen MR) is 51.5 cm³/mol. The molecule has 0 spiro atoms. The van der Waals surface area contributed by atoms with E-state index in [1.807, 2.05) is 7.05 Å². The van der Waals surface area contributed by atoms with Crippen molar-refractivity contribution in [3.8, 4) is 0 Å². The Kier molecular flexibility index (Phi) is 6.58. The van der Waals surface area contributed by atoms with Crippen molar-refractivity contribution >= 4 is 4.06 Å². The molecule has 1 aliphatic rings. The summed E-state index contributed by atoms with van der Waals surface area (Å²) in [5, 5.41) is 7.82. The molecule has 0 aliphatic carbocycles. The second-order valence-corrected chi connectivity index (χ2v) is 3.67. The molecule has 0 radical (unpaired) electrons. The van der Waals surface area contributed by atoms with Crippen LogP contribution in [0, 0.1) is 0 Å². The van der Waals surface area contributed by atoms with E-state index in [9.17, 15) is 0 Å². The van der Waals surface area contributed by atoms with Gasteiger partial charge in [0.1, 0.15) is 0 Å². The Bertz CT molecular complexity index is 126. The Labute approximate surface area is 91.7 Å². The van der Waals surface area contributed by atoms with Gasteiger partial charge in [0.05, 0.1) is 0 Å². The Morgan fingerprint density at radius 1 is 1.50 bits per heavy atom. The number of hydrogen-bond donors (Lipinski definition) is 1. The van der Waals surface area contributed by atoms with E-state index in [4.69, 9.17) is 0 Å². The van der Waals surface area contributed by atoms with E-state index >= 15 is 0 Å². The van der Waals surface area contributed by atoms with Gasteiger partial charge in [-0.05, 0) is 7.05 Å². The molecular weight excluding hydrogens is 249 g/mol. The summed E-state index contributed by atoms with van der Waals surface area (Å²) in [6.45, 7) is 5.44. The van der Waals surface area contributed by atoms with Crippen LogP contribution in [0.25, 0.3) is 5.32 Å². The van der Waals surface area contributed by atoms with E-state index in [1.54, 1.807) is 0 Å². The summed E-state index contributed by atoms with van der Waals surface area (Å²) in [5.41, 5.74) is 0.214. The van der Waals surface area contributed by atoms with Crippen LogP contribution in [0.4, 0.5) is 0 Å². The molecule has 0 aromatic carbocycles. The fourth-order valence-electron chi connectivity index (χ4n) is 1.54. The van der Waals surface area contributed by atoms with Crippen LogP contribution in [0.5, 0.6) is 0 Å². The third kappa shape index (κ3) is 4.67. The fourth-order valence-corrected chi connectivity index (χ4v) is 1.54. The second kappa shape index (κ2) is 6.21. The first kappa shape index (κ1) is 12.7. The van der Waals surface area contributed by atoms with E-state index < -0.39 is 0 Å². The van der Waals surface area contributed by atoms with Gasteiger partial charge >= 0.3 is 29.3 Å². The zero-order valence-electron chi connectivity index (χ0n) is 8.56. The molecule has 1 aliphatic heterocycles. The molecule has 0 aromatic rings. The maximum atomic E-state index is 4.52. The minimum absolute atomic E-state index is 0.214. The SMILES string of the molecule is CNC1CC[N-]C(C)(C)C1.[CH2]=[Cd]. The summed E-state index contributed by atoms with van der Waals surface area (Å²) in [6.07, 6.45) is 2.39. The predicted octanol–water partition coefficient (Wildman–Crippen LogP) is 1.49.